The quantitative estimate of drug-likeness (QED) is 0.832. The van der Waals surface area contributed by atoms with E-state index in [0.717, 1.165) is 17.5 Å². The first-order valence-corrected chi connectivity index (χ1v) is 7.21. The Bertz CT molecular complexity index is 607. The van der Waals surface area contributed by atoms with Crippen LogP contribution in [0.5, 0.6) is 0 Å². The van der Waals surface area contributed by atoms with Crippen molar-refractivity contribution >= 4 is 17.4 Å². The summed E-state index contributed by atoms with van der Waals surface area (Å²) in [4.78, 5) is 16.2. The Kier molecular flexibility index (Phi) is 5.18. The van der Waals surface area contributed by atoms with Gasteiger partial charge in [-0.1, -0.05) is 31.2 Å². The molecule has 1 aromatic heterocycles. The maximum absolute atomic E-state index is 12.1. The summed E-state index contributed by atoms with van der Waals surface area (Å²) in [5, 5.41) is 3.09. The van der Waals surface area contributed by atoms with E-state index in [0.29, 0.717) is 24.8 Å². The van der Waals surface area contributed by atoms with Gasteiger partial charge in [-0.2, -0.15) is 0 Å². The summed E-state index contributed by atoms with van der Waals surface area (Å²) >= 11 is 5.75. The summed E-state index contributed by atoms with van der Waals surface area (Å²) in [6.07, 6.45) is 4.28. The van der Waals surface area contributed by atoms with Gasteiger partial charge >= 0.3 is 0 Å². The molecule has 4 nitrogen and oxygen atoms in total. The number of halogens is 1. The molecule has 0 bridgehead atoms. The largest absolute Gasteiger partial charge is 0.361 e. The third-order valence-electron chi connectivity index (χ3n) is 3.02. The van der Waals surface area contributed by atoms with Crippen molar-refractivity contribution in [1.82, 2.24) is 9.55 Å². The first kappa shape index (κ1) is 14.6. The van der Waals surface area contributed by atoms with Gasteiger partial charge in [0.2, 0.25) is 0 Å². The average Bonchev–Trinajstić information content (AvgIpc) is 2.49. The summed E-state index contributed by atoms with van der Waals surface area (Å²) in [6, 6.07) is 7.96. The molecule has 0 spiro atoms. The van der Waals surface area contributed by atoms with Gasteiger partial charge in [0, 0.05) is 31.4 Å². The van der Waals surface area contributed by atoms with Crippen molar-refractivity contribution in [2.24, 2.45) is 0 Å². The standard InChI is InChI=1S/C15H18ClN3O/c1-2-8-19-9-7-17-14(15(19)20)18-11-13-5-3-12(10-16)4-6-13/h3-7,9H,2,8,10-11H2,1H3,(H,17,18). The van der Waals surface area contributed by atoms with Crippen molar-refractivity contribution in [3.63, 3.8) is 0 Å². The maximum atomic E-state index is 12.1. The first-order valence-electron chi connectivity index (χ1n) is 6.67. The summed E-state index contributed by atoms with van der Waals surface area (Å²) in [5.74, 6) is 0.901. The lowest BCUT2D eigenvalue weighted by atomic mass is 10.1. The smallest absolute Gasteiger partial charge is 0.293 e. The third kappa shape index (κ3) is 3.61. The van der Waals surface area contributed by atoms with Crippen LogP contribution in [0.1, 0.15) is 24.5 Å². The van der Waals surface area contributed by atoms with Gasteiger partial charge in [0.25, 0.3) is 5.56 Å². The number of alkyl halides is 1. The lowest BCUT2D eigenvalue weighted by molar-refractivity contribution is 0.649. The molecule has 0 fully saturated rings. The van der Waals surface area contributed by atoms with Gasteiger partial charge in [0.1, 0.15) is 0 Å². The van der Waals surface area contributed by atoms with Gasteiger partial charge in [-0.25, -0.2) is 4.98 Å². The molecular weight excluding hydrogens is 274 g/mol. The number of hydrogen-bond donors (Lipinski definition) is 1. The van der Waals surface area contributed by atoms with Crippen LogP contribution in [-0.4, -0.2) is 9.55 Å². The van der Waals surface area contributed by atoms with E-state index in [1.807, 2.05) is 31.2 Å². The number of anilines is 1. The summed E-state index contributed by atoms with van der Waals surface area (Å²) in [5.41, 5.74) is 2.09. The molecule has 1 aromatic carbocycles. The minimum Gasteiger partial charge on any atom is -0.361 e. The Morgan fingerprint density at radius 1 is 1.25 bits per heavy atom. The predicted octanol–water partition coefficient (Wildman–Crippen LogP) is 3.00. The highest BCUT2D eigenvalue weighted by atomic mass is 35.5. The van der Waals surface area contributed by atoms with E-state index < -0.39 is 0 Å². The van der Waals surface area contributed by atoms with Crippen LogP contribution in [0.3, 0.4) is 0 Å². The molecule has 0 aliphatic carbocycles. The molecule has 1 heterocycles. The topological polar surface area (TPSA) is 46.9 Å². The van der Waals surface area contributed by atoms with Gasteiger partial charge in [-0.15, -0.1) is 11.6 Å². The number of aryl methyl sites for hydroxylation is 1. The minimum absolute atomic E-state index is 0.0771. The molecule has 0 amide bonds. The number of rotatable bonds is 6. The fourth-order valence-electron chi connectivity index (χ4n) is 1.92. The molecule has 106 valence electrons. The highest BCUT2D eigenvalue weighted by molar-refractivity contribution is 6.17. The van der Waals surface area contributed by atoms with Crippen molar-refractivity contribution in [2.75, 3.05) is 5.32 Å². The third-order valence-corrected chi connectivity index (χ3v) is 3.32. The molecule has 5 heteroatoms. The van der Waals surface area contributed by atoms with E-state index in [4.69, 9.17) is 11.6 Å². The molecule has 0 aliphatic heterocycles. The van der Waals surface area contributed by atoms with E-state index in [-0.39, 0.29) is 5.56 Å². The number of nitrogens with one attached hydrogen (secondary N) is 1. The zero-order valence-corrected chi connectivity index (χ0v) is 12.2. The molecule has 1 N–H and O–H groups in total. The normalized spacial score (nSPS) is 10.5. The van der Waals surface area contributed by atoms with E-state index >= 15 is 0 Å². The van der Waals surface area contributed by atoms with Gasteiger partial charge in [-0.3, -0.25) is 4.79 Å². The average molecular weight is 292 g/mol. The lowest BCUT2D eigenvalue weighted by Crippen LogP contribution is -2.24. The van der Waals surface area contributed by atoms with Crippen LogP contribution in [0.4, 0.5) is 5.82 Å². The first-order chi connectivity index (χ1) is 9.74. The number of aromatic nitrogens is 2. The molecule has 0 saturated heterocycles. The van der Waals surface area contributed by atoms with Crippen LogP contribution in [0.25, 0.3) is 0 Å². The van der Waals surface area contributed by atoms with Crippen LogP contribution < -0.4 is 10.9 Å². The second kappa shape index (κ2) is 7.10. The number of hydrogen-bond acceptors (Lipinski definition) is 3. The second-order valence-corrected chi connectivity index (χ2v) is 4.85. The van der Waals surface area contributed by atoms with Crippen molar-refractivity contribution in [3.05, 3.63) is 58.1 Å². The van der Waals surface area contributed by atoms with Crippen LogP contribution in [-0.2, 0) is 19.0 Å². The lowest BCUT2D eigenvalue weighted by Gasteiger charge is -2.08. The number of benzene rings is 1. The summed E-state index contributed by atoms with van der Waals surface area (Å²) in [7, 11) is 0. The van der Waals surface area contributed by atoms with E-state index in [9.17, 15) is 4.79 Å². The van der Waals surface area contributed by atoms with Gasteiger partial charge in [0.05, 0.1) is 0 Å². The van der Waals surface area contributed by atoms with E-state index in [2.05, 4.69) is 10.3 Å². The Morgan fingerprint density at radius 2 is 1.95 bits per heavy atom. The Labute approximate surface area is 123 Å². The monoisotopic (exact) mass is 291 g/mol. The maximum Gasteiger partial charge on any atom is 0.293 e. The fraction of sp³-hybridized carbons (Fsp3) is 0.333. The van der Waals surface area contributed by atoms with Gasteiger partial charge < -0.3 is 9.88 Å². The fourth-order valence-corrected chi connectivity index (χ4v) is 2.10. The summed E-state index contributed by atoms with van der Waals surface area (Å²) in [6.45, 7) is 3.32. The summed E-state index contributed by atoms with van der Waals surface area (Å²) < 4.78 is 1.67. The van der Waals surface area contributed by atoms with Crippen molar-refractivity contribution < 1.29 is 0 Å². The molecular formula is C15H18ClN3O. The van der Waals surface area contributed by atoms with Crippen LogP contribution in [0.15, 0.2) is 41.5 Å². The predicted molar refractivity (Wildman–Crippen MR) is 82.1 cm³/mol. The Balaban J connectivity index is 2.06. The molecule has 2 aromatic rings. The minimum atomic E-state index is -0.0771. The second-order valence-electron chi connectivity index (χ2n) is 4.58. The van der Waals surface area contributed by atoms with Crippen LogP contribution >= 0.6 is 11.6 Å². The van der Waals surface area contributed by atoms with Gasteiger partial charge in [-0.05, 0) is 17.5 Å². The Hall–Kier alpha value is -1.81. The number of nitrogens with zero attached hydrogens (tertiary/aromatic N) is 2. The highest BCUT2D eigenvalue weighted by Crippen LogP contribution is 2.08. The molecule has 0 radical (unpaired) electrons. The van der Waals surface area contributed by atoms with Crippen molar-refractivity contribution in [1.29, 1.82) is 0 Å². The van der Waals surface area contributed by atoms with Crippen LogP contribution in [0, 0.1) is 0 Å². The molecule has 0 unspecified atom stereocenters. The van der Waals surface area contributed by atoms with Crippen LogP contribution in [0.2, 0.25) is 0 Å². The zero-order chi connectivity index (χ0) is 14.4. The Morgan fingerprint density at radius 3 is 2.60 bits per heavy atom. The van der Waals surface area contributed by atoms with Crippen molar-refractivity contribution in [3.8, 4) is 0 Å². The highest BCUT2D eigenvalue weighted by Gasteiger charge is 2.03. The molecule has 0 atom stereocenters. The molecule has 2 rings (SSSR count). The zero-order valence-electron chi connectivity index (χ0n) is 11.5. The molecule has 20 heavy (non-hydrogen) atoms. The SMILES string of the molecule is CCCn1ccnc(NCc2ccc(CCl)cc2)c1=O. The molecule has 0 aliphatic rings. The van der Waals surface area contributed by atoms with E-state index in [1.165, 1.54) is 0 Å². The van der Waals surface area contributed by atoms with E-state index in [1.54, 1.807) is 17.0 Å². The molecule has 0 saturated carbocycles. The van der Waals surface area contributed by atoms with Crippen molar-refractivity contribution in [2.45, 2.75) is 32.3 Å². The van der Waals surface area contributed by atoms with Gasteiger partial charge in [0.15, 0.2) is 5.82 Å².